The van der Waals surface area contributed by atoms with Crippen LogP contribution in [-0.4, -0.2) is 23.8 Å². The highest BCUT2D eigenvalue weighted by molar-refractivity contribution is 7.90. The summed E-state index contributed by atoms with van der Waals surface area (Å²) in [6, 6.07) is 18.4. The van der Waals surface area contributed by atoms with Gasteiger partial charge in [-0.05, 0) is 60.5 Å². The summed E-state index contributed by atoms with van der Waals surface area (Å²) in [5, 5.41) is 11.2. The van der Waals surface area contributed by atoms with Crippen LogP contribution >= 0.6 is 22.9 Å². The standard InChI is InChI=1S/C25H23ClN2O3S2/c1-15(29)16-11-12-27-22(13-16)20-7-4-5-17-14-23(32-25(17)20)24(19-6-2-3-8-21(19)26)28-33(30,31)18-9-10-18/h2-8,11-15,18,24,28-29H,9-10H2,1H3/t15-,24?/m1/s1. The third-order valence-corrected chi connectivity index (χ3v) is 9.36. The van der Waals surface area contributed by atoms with Crippen molar-refractivity contribution >= 4 is 43.0 Å². The Kier molecular flexibility index (Phi) is 6.01. The number of rotatable bonds is 7. The number of hydrogen-bond donors (Lipinski definition) is 2. The molecule has 0 radical (unpaired) electrons. The van der Waals surface area contributed by atoms with E-state index in [-0.39, 0.29) is 5.25 Å². The molecule has 1 aliphatic carbocycles. The Labute approximate surface area is 202 Å². The van der Waals surface area contributed by atoms with Crippen molar-refractivity contribution in [3.05, 3.63) is 87.9 Å². The molecule has 5 rings (SSSR count). The molecule has 0 saturated heterocycles. The molecule has 2 atom stereocenters. The number of aliphatic hydroxyl groups excluding tert-OH is 1. The number of pyridine rings is 1. The summed E-state index contributed by atoms with van der Waals surface area (Å²) < 4.78 is 29.7. The zero-order valence-corrected chi connectivity index (χ0v) is 20.3. The topological polar surface area (TPSA) is 79.3 Å². The predicted molar refractivity (Wildman–Crippen MR) is 134 cm³/mol. The molecule has 2 aromatic heterocycles. The molecule has 0 spiro atoms. The number of aliphatic hydroxyl groups is 1. The van der Waals surface area contributed by atoms with E-state index in [0.29, 0.717) is 17.9 Å². The molecule has 1 saturated carbocycles. The molecule has 0 amide bonds. The van der Waals surface area contributed by atoms with E-state index in [1.54, 1.807) is 25.3 Å². The van der Waals surface area contributed by atoms with Gasteiger partial charge in [-0.25, -0.2) is 13.1 Å². The largest absolute Gasteiger partial charge is 0.389 e. The Balaban J connectivity index is 1.63. The Morgan fingerprint density at radius 1 is 1.12 bits per heavy atom. The van der Waals surface area contributed by atoms with Crippen molar-refractivity contribution in [2.24, 2.45) is 0 Å². The van der Waals surface area contributed by atoms with Crippen LogP contribution in [0.2, 0.25) is 5.02 Å². The van der Waals surface area contributed by atoms with E-state index in [4.69, 9.17) is 11.6 Å². The third kappa shape index (κ3) is 4.56. The number of sulfonamides is 1. The molecular weight excluding hydrogens is 476 g/mol. The lowest BCUT2D eigenvalue weighted by atomic mass is 10.0. The van der Waals surface area contributed by atoms with Gasteiger partial charge < -0.3 is 5.11 Å². The van der Waals surface area contributed by atoms with E-state index in [1.807, 2.05) is 48.5 Å². The number of thiophene rings is 1. The van der Waals surface area contributed by atoms with Crippen LogP contribution in [0.4, 0.5) is 0 Å². The first-order chi connectivity index (χ1) is 15.8. The lowest BCUT2D eigenvalue weighted by Crippen LogP contribution is -2.31. The van der Waals surface area contributed by atoms with E-state index >= 15 is 0 Å². The third-order valence-electron chi connectivity index (χ3n) is 5.85. The fourth-order valence-electron chi connectivity index (χ4n) is 3.90. The summed E-state index contributed by atoms with van der Waals surface area (Å²) in [6.07, 6.45) is 2.48. The highest BCUT2D eigenvalue weighted by Crippen LogP contribution is 2.41. The summed E-state index contributed by atoms with van der Waals surface area (Å²) in [7, 11) is -3.46. The van der Waals surface area contributed by atoms with Crippen LogP contribution in [0, 0.1) is 0 Å². The monoisotopic (exact) mass is 498 g/mol. The van der Waals surface area contributed by atoms with Gasteiger partial charge in [0.25, 0.3) is 0 Å². The zero-order valence-electron chi connectivity index (χ0n) is 17.9. The highest BCUT2D eigenvalue weighted by atomic mass is 35.5. The Morgan fingerprint density at radius 2 is 1.91 bits per heavy atom. The maximum absolute atomic E-state index is 12.9. The summed E-state index contributed by atoms with van der Waals surface area (Å²) >= 11 is 8.03. The molecule has 4 aromatic rings. The van der Waals surface area contributed by atoms with Crippen molar-refractivity contribution in [2.75, 3.05) is 0 Å². The quantitative estimate of drug-likeness (QED) is 0.335. The Bertz CT molecular complexity index is 1430. The van der Waals surface area contributed by atoms with Crippen LogP contribution < -0.4 is 4.72 Å². The van der Waals surface area contributed by atoms with Crippen molar-refractivity contribution in [1.29, 1.82) is 0 Å². The van der Waals surface area contributed by atoms with Gasteiger partial charge in [-0.3, -0.25) is 4.98 Å². The van der Waals surface area contributed by atoms with Crippen molar-refractivity contribution < 1.29 is 13.5 Å². The number of nitrogens with one attached hydrogen (secondary N) is 1. The number of aromatic nitrogens is 1. The minimum absolute atomic E-state index is 0.333. The van der Waals surface area contributed by atoms with E-state index in [1.165, 1.54) is 11.3 Å². The van der Waals surface area contributed by atoms with Gasteiger partial charge in [-0.1, -0.05) is 48.0 Å². The second-order valence-electron chi connectivity index (χ2n) is 8.34. The number of nitrogens with zero attached hydrogens (tertiary/aromatic N) is 1. The van der Waals surface area contributed by atoms with Crippen LogP contribution in [-0.2, 0) is 10.0 Å². The van der Waals surface area contributed by atoms with E-state index in [2.05, 4.69) is 9.71 Å². The van der Waals surface area contributed by atoms with Crippen molar-refractivity contribution in [3.63, 3.8) is 0 Å². The molecule has 8 heteroatoms. The lowest BCUT2D eigenvalue weighted by Gasteiger charge is -2.19. The SMILES string of the molecule is C[C@@H](O)c1ccnc(-c2cccc3cc(C(NS(=O)(=O)C4CC4)c4ccccc4Cl)sc23)c1. The molecule has 5 nitrogen and oxygen atoms in total. The maximum Gasteiger partial charge on any atom is 0.215 e. The molecule has 1 fully saturated rings. The van der Waals surface area contributed by atoms with Gasteiger partial charge in [-0.15, -0.1) is 11.3 Å². The zero-order chi connectivity index (χ0) is 23.2. The van der Waals surface area contributed by atoms with Crippen LogP contribution in [0.5, 0.6) is 0 Å². The van der Waals surface area contributed by atoms with Crippen LogP contribution in [0.3, 0.4) is 0 Å². The molecule has 1 unspecified atom stereocenters. The molecule has 170 valence electrons. The summed E-state index contributed by atoms with van der Waals surface area (Å²) in [6.45, 7) is 1.73. The van der Waals surface area contributed by atoms with Gasteiger partial charge in [0.2, 0.25) is 10.0 Å². The minimum Gasteiger partial charge on any atom is -0.389 e. The molecule has 33 heavy (non-hydrogen) atoms. The second kappa shape index (κ2) is 8.81. The van der Waals surface area contributed by atoms with E-state index < -0.39 is 22.2 Å². The fraction of sp³-hybridized carbons (Fsp3) is 0.240. The Hall–Kier alpha value is -2.29. The second-order valence-corrected chi connectivity index (χ2v) is 11.8. The first-order valence-electron chi connectivity index (χ1n) is 10.8. The molecule has 1 aliphatic rings. The number of benzene rings is 2. The fourth-order valence-corrected chi connectivity index (χ4v) is 7.01. The van der Waals surface area contributed by atoms with Gasteiger partial charge in [0.1, 0.15) is 0 Å². The van der Waals surface area contributed by atoms with Gasteiger partial charge in [0.05, 0.1) is 23.1 Å². The summed E-state index contributed by atoms with van der Waals surface area (Å²) in [4.78, 5) is 5.38. The van der Waals surface area contributed by atoms with Crippen molar-refractivity contribution in [1.82, 2.24) is 9.71 Å². The van der Waals surface area contributed by atoms with Gasteiger partial charge >= 0.3 is 0 Å². The summed E-state index contributed by atoms with van der Waals surface area (Å²) in [5.41, 5.74) is 3.22. The predicted octanol–water partition coefficient (Wildman–Crippen LogP) is 5.84. The first-order valence-corrected chi connectivity index (χ1v) is 13.5. The van der Waals surface area contributed by atoms with E-state index in [9.17, 15) is 13.5 Å². The van der Waals surface area contributed by atoms with Crippen molar-refractivity contribution in [3.8, 4) is 11.3 Å². The number of halogens is 1. The molecule has 2 N–H and O–H groups in total. The average Bonchev–Trinajstić information content (AvgIpc) is 3.58. The van der Waals surface area contributed by atoms with Gasteiger partial charge in [0.15, 0.2) is 0 Å². The normalized spacial score (nSPS) is 16.1. The number of hydrogen-bond acceptors (Lipinski definition) is 5. The highest BCUT2D eigenvalue weighted by Gasteiger charge is 2.38. The van der Waals surface area contributed by atoms with Crippen molar-refractivity contribution in [2.45, 2.75) is 37.2 Å². The van der Waals surface area contributed by atoms with E-state index in [0.717, 1.165) is 37.3 Å². The molecule has 2 aromatic carbocycles. The van der Waals surface area contributed by atoms with Gasteiger partial charge in [0, 0.05) is 26.4 Å². The minimum atomic E-state index is -3.46. The van der Waals surface area contributed by atoms with Gasteiger partial charge in [-0.2, -0.15) is 0 Å². The van der Waals surface area contributed by atoms with Crippen LogP contribution in [0.15, 0.2) is 66.9 Å². The maximum atomic E-state index is 12.9. The molecule has 0 aliphatic heterocycles. The lowest BCUT2D eigenvalue weighted by molar-refractivity contribution is 0.199. The van der Waals surface area contributed by atoms with Crippen LogP contribution in [0.25, 0.3) is 21.3 Å². The average molecular weight is 499 g/mol. The first kappa shape index (κ1) is 22.5. The number of fused-ring (bicyclic) bond motifs is 1. The van der Waals surface area contributed by atoms with Crippen LogP contribution in [0.1, 0.15) is 47.9 Å². The smallest absolute Gasteiger partial charge is 0.215 e. The molecule has 2 heterocycles. The molecular formula is C25H23ClN2O3S2. The molecule has 0 bridgehead atoms. The Morgan fingerprint density at radius 3 is 2.64 bits per heavy atom. The summed E-state index contributed by atoms with van der Waals surface area (Å²) in [5.74, 6) is 0.